The average molecular weight is 488 g/mol. The number of carbonyl (C=O) groups is 2. The van der Waals surface area contributed by atoms with Crippen molar-refractivity contribution in [2.75, 3.05) is 24.2 Å². The van der Waals surface area contributed by atoms with Crippen molar-refractivity contribution in [3.63, 3.8) is 0 Å². The molecule has 8 heteroatoms. The van der Waals surface area contributed by atoms with Crippen LogP contribution in [0.4, 0.5) is 5.69 Å². The second-order valence-corrected chi connectivity index (χ2v) is 10.7. The number of amides is 2. The second kappa shape index (κ2) is 12.0. The Balaban J connectivity index is 2.21. The highest BCUT2D eigenvalue weighted by Crippen LogP contribution is 2.25. The molecular formula is C26H37N3O4S. The minimum absolute atomic E-state index is 0.135. The highest BCUT2D eigenvalue weighted by atomic mass is 32.2. The first-order valence-electron chi connectivity index (χ1n) is 11.6. The minimum Gasteiger partial charge on any atom is -0.357 e. The van der Waals surface area contributed by atoms with E-state index in [-0.39, 0.29) is 24.8 Å². The van der Waals surface area contributed by atoms with Gasteiger partial charge in [-0.3, -0.25) is 13.9 Å². The Morgan fingerprint density at radius 1 is 1.00 bits per heavy atom. The summed E-state index contributed by atoms with van der Waals surface area (Å²) in [6.07, 6.45) is 2.14. The number of carbonyl (C=O) groups excluding carboxylic acids is 2. The summed E-state index contributed by atoms with van der Waals surface area (Å²) >= 11 is 0. The first-order valence-corrected chi connectivity index (χ1v) is 13.4. The molecular weight excluding hydrogens is 450 g/mol. The SMILES string of the molecule is CC[C@H](C(=O)NC)N(Cc1ccc(C)cc1)C(=O)CCCN(c1cc(C)ccc1C)S(C)(=O)=O. The van der Waals surface area contributed by atoms with Gasteiger partial charge in [-0.15, -0.1) is 0 Å². The lowest BCUT2D eigenvalue weighted by atomic mass is 10.1. The highest BCUT2D eigenvalue weighted by Gasteiger charge is 2.28. The lowest BCUT2D eigenvalue weighted by Crippen LogP contribution is -2.48. The molecule has 0 bridgehead atoms. The largest absolute Gasteiger partial charge is 0.357 e. The van der Waals surface area contributed by atoms with Gasteiger partial charge in [0.1, 0.15) is 6.04 Å². The van der Waals surface area contributed by atoms with Gasteiger partial charge in [-0.25, -0.2) is 8.42 Å². The van der Waals surface area contributed by atoms with E-state index in [1.54, 1.807) is 11.9 Å². The molecule has 0 unspecified atom stereocenters. The average Bonchev–Trinajstić information content (AvgIpc) is 2.78. The maximum Gasteiger partial charge on any atom is 0.242 e. The van der Waals surface area contributed by atoms with Crippen molar-refractivity contribution in [2.45, 2.75) is 59.5 Å². The van der Waals surface area contributed by atoms with E-state index in [1.165, 1.54) is 10.6 Å². The molecule has 34 heavy (non-hydrogen) atoms. The summed E-state index contributed by atoms with van der Waals surface area (Å²) in [5, 5.41) is 2.65. The summed E-state index contributed by atoms with van der Waals surface area (Å²) in [7, 11) is -1.96. The lowest BCUT2D eigenvalue weighted by Gasteiger charge is -2.31. The van der Waals surface area contributed by atoms with Crippen LogP contribution < -0.4 is 9.62 Å². The first kappa shape index (κ1) is 27.4. The quantitative estimate of drug-likeness (QED) is 0.523. The van der Waals surface area contributed by atoms with E-state index in [4.69, 9.17) is 0 Å². The molecule has 0 fully saturated rings. The third-order valence-electron chi connectivity index (χ3n) is 5.89. The third kappa shape index (κ3) is 7.32. The molecule has 0 aromatic heterocycles. The number of hydrogen-bond donors (Lipinski definition) is 1. The van der Waals surface area contributed by atoms with E-state index in [1.807, 2.05) is 70.2 Å². The van der Waals surface area contributed by atoms with Crippen molar-refractivity contribution in [1.82, 2.24) is 10.2 Å². The van der Waals surface area contributed by atoms with E-state index in [9.17, 15) is 18.0 Å². The molecule has 0 radical (unpaired) electrons. The highest BCUT2D eigenvalue weighted by molar-refractivity contribution is 7.92. The number of anilines is 1. The van der Waals surface area contributed by atoms with Crippen LogP contribution in [0.2, 0.25) is 0 Å². The Morgan fingerprint density at radius 2 is 1.62 bits per heavy atom. The summed E-state index contributed by atoms with van der Waals surface area (Å²) in [4.78, 5) is 27.4. The number of nitrogens with one attached hydrogen (secondary N) is 1. The Hall–Kier alpha value is -2.87. The van der Waals surface area contributed by atoms with Crippen LogP contribution in [0.5, 0.6) is 0 Å². The molecule has 0 saturated heterocycles. The molecule has 2 rings (SSSR count). The summed E-state index contributed by atoms with van der Waals surface area (Å²) in [6, 6.07) is 13.0. The fraction of sp³-hybridized carbons (Fsp3) is 0.462. The zero-order chi connectivity index (χ0) is 25.5. The Labute approximate surface area is 204 Å². The topological polar surface area (TPSA) is 86.8 Å². The van der Waals surface area contributed by atoms with E-state index in [0.717, 1.165) is 22.3 Å². The third-order valence-corrected chi connectivity index (χ3v) is 7.07. The van der Waals surface area contributed by atoms with Crippen molar-refractivity contribution < 1.29 is 18.0 Å². The molecule has 0 aliphatic rings. The number of sulfonamides is 1. The van der Waals surface area contributed by atoms with Gasteiger partial charge in [-0.1, -0.05) is 48.9 Å². The molecule has 0 aliphatic carbocycles. The van der Waals surface area contributed by atoms with E-state index < -0.39 is 16.1 Å². The van der Waals surface area contributed by atoms with E-state index in [2.05, 4.69) is 5.32 Å². The molecule has 2 amide bonds. The minimum atomic E-state index is -3.52. The Kier molecular flexibility index (Phi) is 9.67. The second-order valence-electron chi connectivity index (χ2n) is 8.77. The van der Waals surface area contributed by atoms with Crippen molar-refractivity contribution in [1.29, 1.82) is 0 Å². The molecule has 1 atom stereocenters. The predicted molar refractivity (Wildman–Crippen MR) is 137 cm³/mol. The van der Waals surface area contributed by atoms with Crippen LogP contribution in [0.1, 0.15) is 48.4 Å². The van der Waals surface area contributed by atoms with Crippen LogP contribution in [0.25, 0.3) is 0 Å². The van der Waals surface area contributed by atoms with Crippen LogP contribution in [0.15, 0.2) is 42.5 Å². The number of nitrogens with zero attached hydrogens (tertiary/aromatic N) is 2. The smallest absolute Gasteiger partial charge is 0.242 e. The molecule has 2 aromatic carbocycles. The van der Waals surface area contributed by atoms with Gasteiger partial charge >= 0.3 is 0 Å². The molecule has 0 saturated carbocycles. The fourth-order valence-corrected chi connectivity index (χ4v) is 4.96. The Bertz CT molecular complexity index is 1100. The van der Waals surface area contributed by atoms with E-state index >= 15 is 0 Å². The molecule has 0 spiro atoms. The number of benzene rings is 2. The number of rotatable bonds is 11. The van der Waals surface area contributed by atoms with Crippen LogP contribution in [-0.4, -0.2) is 51.0 Å². The summed E-state index contributed by atoms with van der Waals surface area (Å²) in [6.45, 7) is 8.16. The lowest BCUT2D eigenvalue weighted by molar-refractivity contribution is -0.141. The maximum absolute atomic E-state index is 13.3. The normalized spacial score (nSPS) is 12.2. The molecule has 7 nitrogen and oxygen atoms in total. The van der Waals surface area contributed by atoms with Crippen LogP contribution in [-0.2, 0) is 26.2 Å². The standard InChI is InChI=1S/C26H37N3O4S/c1-7-23(26(31)27-5)28(18-22-14-11-19(2)12-15-22)25(30)9-8-16-29(34(6,32)33)24-17-20(3)10-13-21(24)4/h10-15,17,23H,7-9,16,18H2,1-6H3,(H,27,31)/t23-/m1/s1. The van der Waals surface area contributed by atoms with Crippen LogP contribution in [0, 0.1) is 20.8 Å². The summed E-state index contributed by atoms with van der Waals surface area (Å²) < 4.78 is 26.4. The zero-order valence-electron chi connectivity index (χ0n) is 21.1. The Morgan fingerprint density at radius 3 is 2.18 bits per heavy atom. The maximum atomic E-state index is 13.3. The van der Waals surface area contributed by atoms with Gasteiger partial charge in [-0.05, 0) is 56.4 Å². The van der Waals surface area contributed by atoms with Crippen LogP contribution in [0.3, 0.4) is 0 Å². The molecule has 0 heterocycles. The monoisotopic (exact) mass is 487 g/mol. The predicted octanol–water partition coefficient (Wildman–Crippen LogP) is 3.71. The van der Waals surface area contributed by atoms with Crippen molar-refractivity contribution >= 4 is 27.5 Å². The van der Waals surface area contributed by atoms with Crippen molar-refractivity contribution in [3.8, 4) is 0 Å². The zero-order valence-corrected chi connectivity index (χ0v) is 21.9. The van der Waals surface area contributed by atoms with Crippen molar-refractivity contribution in [3.05, 3.63) is 64.7 Å². The van der Waals surface area contributed by atoms with Gasteiger partial charge in [-0.2, -0.15) is 0 Å². The van der Waals surface area contributed by atoms with Gasteiger partial charge < -0.3 is 10.2 Å². The summed E-state index contributed by atoms with van der Waals surface area (Å²) in [5.74, 6) is -0.387. The first-order chi connectivity index (χ1) is 16.0. The molecule has 186 valence electrons. The number of likely N-dealkylation sites (N-methyl/N-ethyl adjacent to an activating group) is 1. The molecule has 2 aromatic rings. The van der Waals surface area contributed by atoms with Gasteiger partial charge in [0.25, 0.3) is 0 Å². The number of aryl methyl sites for hydroxylation is 3. The van der Waals surface area contributed by atoms with Gasteiger partial charge in [0.05, 0.1) is 11.9 Å². The van der Waals surface area contributed by atoms with E-state index in [0.29, 0.717) is 25.1 Å². The molecule has 0 aliphatic heterocycles. The summed E-state index contributed by atoms with van der Waals surface area (Å²) in [5.41, 5.74) is 4.50. The van der Waals surface area contributed by atoms with Gasteiger partial charge in [0.2, 0.25) is 21.8 Å². The van der Waals surface area contributed by atoms with Crippen molar-refractivity contribution in [2.24, 2.45) is 0 Å². The van der Waals surface area contributed by atoms with Gasteiger partial charge in [0.15, 0.2) is 0 Å². The molecule has 1 N–H and O–H groups in total. The fourth-order valence-electron chi connectivity index (χ4n) is 3.95. The van der Waals surface area contributed by atoms with Gasteiger partial charge in [0, 0.05) is 26.6 Å². The number of hydrogen-bond acceptors (Lipinski definition) is 4. The van der Waals surface area contributed by atoms with Crippen LogP contribution >= 0.6 is 0 Å².